The van der Waals surface area contributed by atoms with Gasteiger partial charge in [-0.3, -0.25) is 19.9 Å². The van der Waals surface area contributed by atoms with Crippen LogP contribution in [0.25, 0.3) is 0 Å². The van der Waals surface area contributed by atoms with Crippen molar-refractivity contribution in [2.24, 2.45) is 0 Å². The molecular weight excluding hydrogens is 521 g/mol. The number of halogens is 3. The van der Waals surface area contributed by atoms with E-state index < -0.39 is 35.3 Å². The van der Waals surface area contributed by atoms with E-state index in [9.17, 15) is 22.8 Å². The van der Waals surface area contributed by atoms with Crippen molar-refractivity contribution in [3.05, 3.63) is 64.2 Å². The number of amides is 2. The zero-order valence-corrected chi connectivity index (χ0v) is 23.2. The minimum Gasteiger partial charge on any atom is -0.487 e. The second-order valence-corrected chi connectivity index (χ2v) is 11.8. The van der Waals surface area contributed by atoms with Crippen LogP contribution in [0, 0.1) is 5.41 Å². The number of benzene rings is 2. The van der Waals surface area contributed by atoms with E-state index in [-0.39, 0.29) is 35.5 Å². The van der Waals surface area contributed by atoms with Gasteiger partial charge in [-0.05, 0) is 75.4 Å². The number of fused-ring (bicyclic) bond motifs is 6. The van der Waals surface area contributed by atoms with Crippen LogP contribution < -0.4 is 10.1 Å². The summed E-state index contributed by atoms with van der Waals surface area (Å²) in [7, 11) is 1.74. The largest absolute Gasteiger partial charge is 0.487 e. The van der Waals surface area contributed by atoms with Crippen molar-refractivity contribution >= 4 is 17.8 Å². The number of nitrogens with zero attached hydrogens (tertiary/aromatic N) is 2. The number of ether oxygens (including phenoxy) is 1. The Balaban J connectivity index is 1.61. The quantitative estimate of drug-likeness (QED) is 0.417. The molecule has 1 saturated heterocycles. The maximum atomic E-state index is 14.0. The molecule has 4 aliphatic heterocycles. The van der Waals surface area contributed by atoms with E-state index in [0.717, 1.165) is 48.9 Å². The summed E-state index contributed by atoms with van der Waals surface area (Å²) in [6.07, 6.45) is -0.831. The van der Waals surface area contributed by atoms with Gasteiger partial charge in [0.25, 0.3) is 5.91 Å². The molecule has 2 N–H and O–H groups in total. The van der Waals surface area contributed by atoms with Crippen molar-refractivity contribution in [3.8, 4) is 5.75 Å². The van der Waals surface area contributed by atoms with Crippen LogP contribution in [0.5, 0.6) is 5.75 Å². The third kappa shape index (κ3) is 5.40. The van der Waals surface area contributed by atoms with Crippen LogP contribution in [0.2, 0.25) is 0 Å². The first kappa shape index (κ1) is 28.0. The van der Waals surface area contributed by atoms with Crippen LogP contribution in [0.3, 0.4) is 0 Å². The van der Waals surface area contributed by atoms with E-state index in [0.29, 0.717) is 12.2 Å². The van der Waals surface area contributed by atoms with E-state index in [1.54, 1.807) is 18.9 Å². The van der Waals surface area contributed by atoms with Gasteiger partial charge in [0, 0.05) is 37.1 Å². The predicted octanol–water partition coefficient (Wildman–Crippen LogP) is 5.99. The van der Waals surface area contributed by atoms with Gasteiger partial charge in [-0.1, -0.05) is 18.6 Å². The van der Waals surface area contributed by atoms with E-state index in [2.05, 4.69) is 5.32 Å². The Labute approximate surface area is 232 Å². The molecule has 3 atom stereocenters. The molecule has 10 heteroatoms. The van der Waals surface area contributed by atoms with Gasteiger partial charge in [-0.25, -0.2) is 0 Å². The van der Waals surface area contributed by atoms with Crippen molar-refractivity contribution in [1.29, 1.82) is 5.41 Å². The standard InChI is InChI=1S/C30H35F3N4O3/c1-17-19-12-20(14-21(13-19)30(31,32)33)27(39)35-24-16-29(2,3)40-25-10-9-18(11-23(24)25)7-5-6-8-22-15-26(38)37(17)28(34)36(22)4/h9-14,17,22,24,34H,5-8,15-16H2,1-4H3,(H,35,39). The lowest BCUT2D eigenvalue weighted by Crippen LogP contribution is -2.56. The maximum absolute atomic E-state index is 14.0. The summed E-state index contributed by atoms with van der Waals surface area (Å²) >= 11 is 0. The molecule has 214 valence electrons. The molecule has 2 amide bonds. The number of nitrogens with one attached hydrogen (secondary N) is 2. The average Bonchev–Trinajstić information content (AvgIpc) is 2.87. The zero-order chi connectivity index (χ0) is 29.0. The number of carbonyl (C=O) groups excluding carboxylic acids is 2. The lowest BCUT2D eigenvalue weighted by Gasteiger charge is -2.43. The van der Waals surface area contributed by atoms with Gasteiger partial charge < -0.3 is 15.0 Å². The van der Waals surface area contributed by atoms with Crippen molar-refractivity contribution in [1.82, 2.24) is 15.1 Å². The van der Waals surface area contributed by atoms with Crippen LogP contribution in [-0.2, 0) is 17.4 Å². The molecule has 0 saturated carbocycles. The third-order valence-electron chi connectivity index (χ3n) is 8.29. The first-order chi connectivity index (χ1) is 18.7. The van der Waals surface area contributed by atoms with Crippen LogP contribution in [0.4, 0.5) is 13.2 Å². The van der Waals surface area contributed by atoms with Gasteiger partial charge in [0.2, 0.25) is 11.9 Å². The SMILES string of the molecule is CC1c2cc(cc(C(F)(F)F)c2)C(=O)NC2CC(C)(C)Oc3ccc(cc32)CCCCC2CC(=O)N1C(=N)N2C. The number of hydrogen-bond acceptors (Lipinski definition) is 4. The lowest BCUT2D eigenvalue weighted by atomic mass is 9.87. The van der Waals surface area contributed by atoms with Crippen LogP contribution >= 0.6 is 0 Å². The first-order valence-electron chi connectivity index (χ1n) is 13.7. The number of guanidine groups is 1. The highest BCUT2D eigenvalue weighted by Gasteiger charge is 2.39. The molecular formula is C30H35F3N4O3. The number of hydrogen-bond donors (Lipinski definition) is 2. The molecule has 40 heavy (non-hydrogen) atoms. The van der Waals surface area contributed by atoms with Crippen molar-refractivity contribution in [2.75, 3.05) is 7.05 Å². The van der Waals surface area contributed by atoms with E-state index in [4.69, 9.17) is 10.1 Å². The summed E-state index contributed by atoms with van der Waals surface area (Å²) in [4.78, 5) is 29.7. The molecule has 0 aromatic heterocycles. The van der Waals surface area contributed by atoms with Gasteiger partial charge in [0.05, 0.1) is 17.6 Å². The highest BCUT2D eigenvalue weighted by Crippen LogP contribution is 2.41. The molecule has 6 bridgehead atoms. The summed E-state index contributed by atoms with van der Waals surface area (Å²) < 4.78 is 48.2. The Kier molecular flexibility index (Phi) is 7.08. The molecule has 4 aliphatic rings. The Morgan fingerprint density at radius 1 is 1.10 bits per heavy atom. The van der Waals surface area contributed by atoms with Gasteiger partial charge in [0.15, 0.2) is 0 Å². The molecule has 7 nitrogen and oxygen atoms in total. The summed E-state index contributed by atoms with van der Waals surface area (Å²) in [6, 6.07) is 7.63. The summed E-state index contributed by atoms with van der Waals surface area (Å²) in [5.74, 6) is -0.350. The fourth-order valence-corrected chi connectivity index (χ4v) is 6.07. The Bertz CT molecular complexity index is 1360. The zero-order valence-electron chi connectivity index (χ0n) is 23.2. The van der Waals surface area contributed by atoms with E-state index in [1.807, 2.05) is 32.0 Å². The smallest absolute Gasteiger partial charge is 0.416 e. The molecule has 0 spiro atoms. The molecule has 3 unspecified atom stereocenters. The Morgan fingerprint density at radius 3 is 2.58 bits per heavy atom. The maximum Gasteiger partial charge on any atom is 0.416 e. The average molecular weight is 557 g/mol. The number of carbonyl (C=O) groups is 2. The normalized spacial score (nSPS) is 25.2. The van der Waals surface area contributed by atoms with Gasteiger partial charge in [0.1, 0.15) is 11.4 Å². The molecule has 2 aromatic rings. The number of aryl methyl sites for hydroxylation is 1. The minimum atomic E-state index is -4.70. The minimum absolute atomic E-state index is 0.0528. The second-order valence-electron chi connectivity index (χ2n) is 11.8. The van der Waals surface area contributed by atoms with E-state index >= 15 is 0 Å². The second kappa shape index (κ2) is 10.1. The molecule has 4 heterocycles. The van der Waals surface area contributed by atoms with Crippen molar-refractivity contribution in [3.63, 3.8) is 0 Å². The van der Waals surface area contributed by atoms with Crippen LogP contribution in [0.15, 0.2) is 36.4 Å². The van der Waals surface area contributed by atoms with Gasteiger partial charge in [-0.15, -0.1) is 0 Å². The topological polar surface area (TPSA) is 85.7 Å². The number of alkyl halides is 3. The van der Waals surface area contributed by atoms with Crippen LogP contribution in [0.1, 0.15) is 97.6 Å². The third-order valence-corrected chi connectivity index (χ3v) is 8.29. The highest BCUT2D eigenvalue weighted by molar-refractivity contribution is 5.99. The van der Waals surface area contributed by atoms with Gasteiger partial charge >= 0.3 is 6.18 Å². The molecule has 6 rings (SSSR count). The molecule has 2 aromatic carbocycles. The fraction of sp³-hybridized carbons (Fsp3) is 0.500. The summed E-state index contributed by atoms with van der Waals surface area (Å²) in [6.45, 7) is 5.42. The first-order valence-corrected chi connectivity index (χ1v) is 13.7. The van der Waals surface area contributed by atoms with Gasteiger partial charge in [-0.2, -0.15) is 13.2 Å². The molecule has 0 aliphatic carbocycles. The molecule has 1 fully saturated rings. The highest BCUT2D eigenvalue weighted by atomic mass is 19.4. The van der Waals surface area contributed by atoms with Crippen LogP contribution in [-0.4, -0.2) is 46.3 Å². The van der Waals surface area contributed by atoms with Crippen molar-refractivity contribution < 1.29 is 27.5 Å². The number of rotatable bonds is 0. The van der Waals surface area contributed by atoms with Crippen molar-refractivity contribution in [2.45, 2.75) is 89.2 Å². The summed E-state index contributed by atoms with van der Waals surface area (Å²) in [5, 5.41) is 11.7. The van der Waals surface area contributed by atoms with E-state index in [1.165, 1.54) is 11.0 Å². The summed E-state index contributed by atoms with van der Waals surface area (Å²) in [5.41, 5.74) is 0.313. The monoisotopic (exact) mass is 556 g/mol. The molecule has 0 radical (unpaired) electrons. The predicted molar refractivity (Wildman–Crippen MR) is 144 cm³/mol. The Morgan fingerprint density at radius 2 is 1.85 bits per heavy atom. The fourth-order valence-electron chi connectivity index (χ4n) is 6.07. The lowest BCUT2D eigenvalue weighted by molar-refractivity contribution is -0.137. The Hall–Kier alpha value is -3.56.